The Morgan fingerprint density at radius 2 is 2.11 bits per heavy atom. The van der Waals surface area contributed by atoms with Crippen molar-refractivity contribution >= 4 is 11.5 Å². The lowest BCUT2D eigenvalue weighted by Crippen LogP contribution is -2.24. The van der Waals surface area contributed by atoms with E-state index in [4.69, 9.17) is 5.26 Å². The molecule has 0 heterocycles. The molecule has 1 aromatic rings. The van der Waals surface area contributed by atoms with Gasteiger partial charge in [-0.2, -0.15) is 5.26 Å². The Balaban J connectivity index is 3.05. The molecule has 2 atom stereocenters. The van der Waals surface area contributed by atoms with Crippen molar-refractivity contribution in [1.29, 1.82) is 5.26 Å². The van der Waals surface area contributed by atoms with E-state index in [2.05, 4.69) is 32.2 Å². The highest BCUT2D eigenvalue weighted by molar-refractivity contribution is 5.99. The molecule has 1 N–H and O–H groups in total. The van der Waals surface area contributed by atoms with E-state index in [9.17, 15) is 4.79 Å². The second-order valence-electron chi connectivity index (χ2n) is 4.75. The summed E-state index contributed by atoms with van der Waals surface area (Å²) in [6.07, 6.45) is 1.07. The molecule has 96 valence electrons. The van der Waals surface area contributed by atoms with E-state index in [0.717, 1.165) is 12.1 Å². The summed E-state index contributed by atoms with van der Waals surface area (Å²) in [4.78, 5) is 11.6. The van der Waals surface area contributed by atoms with Gasteiger partial charge in [-0.15, -0.1) is 0 Å². The minimum absolute atomic E-state index is 0.0124. The smallest absolute Gasteiger partial charge is 0.161 e. The van der Waals surface area contributed by atoms with Crippen LogP contribution in [0.4, 0.5) is 5.69 Å². The topological polar surface area (TPSA) is 52.9 Å². The molecule has 0 aliphatic heterocycles. The van der Waals surface area contributed by atoms with Crippen molar-refractivity contribution in [2.45, 2.75) is 40.2 Å². The van der Waals surface area contributed by atoms with Crippen molar-refractivity contribution in [3.05, 3.63) is 29.3 Å². The third-order valence-corrected chi connectivity index (χ3v) is 3.41. The van der Waals surface area contributed by atoms with Crippen LogP contribution >= 0.6 is 0 Å². The first-order valence-electron chi connectivity index (χ1n) is 6.31. The van der Waals surface area contributed by atoms with Crippen LogP contribution in [0, 0.1) is 17.2 Å². The number of hydrogen-bond acceptors (Lipinski definition) is 3. The molecule has 0 saturated carbocycles. The lowest BCUT2D eigenvalue weighted by molar-refractivity contribution is 0.101. The molecule has 0 aromatic heterocycles. The fourth-order valence-electron chi connectivity index (χ4n) is 1.78. The number of nitrogens with zero attached hydrogens (tertiary/aromatic N) is 1. The molecule has 3 nitrogen and oxygen atoms in total. The van der Waals surface area contributed by atoms with Crippen LogP contribution in [0.25, 0.3) is 0 Å². The number of carbonyl (C=O) groups is 1. The van der Waals surface area contributed by atoms with E-state index in [-0.39, 0.29) is 11.8 Å². The van der Waals surface area contributed by atoms with Crippen molar-refractivity contribution in [1.82, 2.24) is 0 Å². The molecule has 0 saturated heterocycles. The Kier molecular flexibility index (Phi) is 4.91. The normalized spacial score (nSPS) is 13.5. The summed E-state index contributed by atoms with van der Waals surface area (Å²) in [6, 6.07) is 7.50. The Morgan fingerprint density at radius 1 is 1.44 bits per heavy atom. The average molecular weight is 244 g/mol. The SMILES string of the molecule is CCC(C)C(C)Nc1cc(C#N)ccc1C(C)=O. The van der Waals surface area contributed by atoms with Gasteiger partial charge in [0.2, 0.25) is 0 Å². The average Bonchev–Trinajstić information content (AvgIpc) is 2.37. The number of benzene rings is 1. The minimum Gasteiger partial charge on any atom is -0.382 e. The van der Waals surface area contributed by atoms with Crippen molar-refractivity contribution in [2.75, 3.05) is 5.32 Å². The molecule has 3 heteroatoms. The van der Waals surface area contributed by atoms with E-state index in [1.165, 1.54) is 0 Å². The molecule has 0 aliphatic rings. The van der Waals surface area contributed by atoms with Gasteiger partial charge >= 0.3 is 0 Å². The highest BCUT2D eigenvalue weighted by atomic mass is 16.1. The zero-order chi connectivity index (χ0) is 13.7. The molecule has 0 amide bonds. The van der Waals surface area contributed by atoms with Crippen molar-refractivity contribution in [3.63, 3.8) is 0 Å². The van der Waals surface area contributed by atoms with Crippen LogP contribution in [0.15, 0.2) is 18.2 Å². The van der Waals surface area contributed by atoms with Gasteiger partial charge in [0.05, 0.1) is 11.6 Å². The third-order valence-electron chi connectivity index (χ3n) is 3.41. The van der Waals surface area contributed by atoms with Crippen molar-refractivity contribution in [2.24, 2.45) is 5.92 Å². The zero-order valence-corrected chi connectivity index (χ0v) is 11.4. The van der Waals surface area contributed by atoms with Gasteiger partial charge in [0.1, 0.15) is 0 Å². The van der Waals surface area contributed by atoms with Gasteiger partial charge in [0.15, 0.2) is 5.78 Å². The maximum Gasteiger partial charge on any atom is 0.161 e. The van der Waals surface area contributed by atoms with Crippen molar-refractivity contribution in [3.8, 4) is 6.07 Å². The summed E-state index contributed by atoms with van der Waals surface area (Å²) in [7, 11) is 0. The highest BCUT2D eigenvalue weighted by Gasteiger charge is 2.14. The molecule has 1 aromatic carbocycles. The van der Waals surface area contributed by atoms with Gasteiger partial charge in [-0.3, -0.25) is 4.79 Å². The quantitative estimate of drug-likeness (QED) is 0.805. The monoisotopic (exact) mass is 244 g/mol. The molecule has 0 fully saturated rings. The van der Waals surface area contributed by atoms with Crippen LogP contribution in [-0.2, 0) is 0 Å². The van der Waals surface area contributed by atoms with Crippen LogP contribution in [-0.4, -0.2) is 11.8 Å². The summed E-state index contributed by atoms with van der Waals surface area (Å²) in [5.74, 6) is 0.522. The first-order chi connectivity index (χ1) is 8.49. The summed E-state index contributed by atoms with van der Waals surface area (Å²) in [6.45, 7) is 7.94. The summed E-state index contributed by atoms with van der Waals surface area (Å²) in [5.41, 5.74) is 1.97. The highest BCUT2D eigenvalue weighted by Crippen LogP contribution is 2.21. The number of Topliss-reactive ketones (excluding diaryl/α,β-unsaturated/α-hetero) is 1. The summed E-state index contributed by atoms with van der Waals surface area (Å²) < 4.78 is 0. The summed E-state index contributed by atoms with van der Waals surface area (Å²) >= 11 is 0. The molecule has 2 unspecified atom stereocenters. The van der Waals surface area contributed by atoms with Crippen LogP contribution in [0.3, 0.4) is 0 Å². The third kappa shape index (κ3) is 3.33. The molecule has 0 aliphatic carbocycles. The molecule has 0 radical (unpaired) electrons. The molecule has 0 spiro atoms. The van der Waals surface area contributed by atoms with E-state index in [1.807, 2.05) is 0 Å². The number of hydrogen-bond donors (Lipinski definition) is 1. The Morgan fingerprint density at radius 3 is 2.61 bits per heavy atom. The number of rotatable bonds is 5. The van der Waals surface area contributed by atoms with Crippen LogP contribution in [0.2, 0.25) is 0 Å². The molecule has 18 heavy (non-hydrogen) atoms. The van der Waals surface area contributed by atoms with Gasteiger partial charge in [-0.25, -0.2) is 0 Å². The number of nitrogens with one attached hydrogen (secondary N) is 1. The van der Waals surface area contributed by atoms with Crippen LogP contribution < -0.4 is 5.32 Å². The minimum atomic E-state index is 0.0124. The van der Waals surface area contributed by atoms with Gasteiger partial charge in [0.25, 0.3) is 0 Å². The van der Waals surface area contributed by atoms with Gasteiger partial charge in [-0.05, 0) is 38.0 Å². The largest absolute Gasteiger partial charge is 0.382 e. The molecular weight excluding hydrogens is 224 g/mol. The second kappa shape index (κ2) is 6.20. The lowest BCUT2D eigenvalue weighted by atomic mass is 9.99. The fourth-order valence-corrected chi connectivity index (χ4v) is 1.78. The van der Waals surface area contributed by atoms with Gasteiger partial charge in [0, 0.05) is 17.3 Å². The number of carbonyl (C=O) groups excluding carboxylic acids is 1. The maximum atomic E-state index is 11.6. The van der Waals surface area contributed by atoms with E-state index >= 15 is 0 Å². The predicted octanol–water partition coefficient (Wildman–Crippen LogP) is 3.61. The number of anilines is 1. The van der Waals surface area contributed by atoms with Crippen LogP contribution in [0.1, 0.15) is 50.0 Å². The maximum absolute atomic E-state index is 11.6. The zero-order valence-electron chi connectivity index (χ0n) is 11.4. The first kappa shape index (κ1) is 14.2. The Hall–Kier alpha value is -1.82. The standard InChI is InChI=1S/C15H20N2O/c1-5-10(2)11(3)17-15-8-13(9-16)6-7-14(15)12(4)18/h6-8,10-11,17H,5H2,1-4H3. The van der Waals surface area contributed by atoms with E-state index in [0.29, 0.717) is 17.0 Å². The van der Waals surface area contributed by atoms with Gasteiger partial charge in [-0.1, -0.05) is 20.3 Å². The van der Waals surface area contributed by atoms with E-state index in [1.54, 1.807) is 25.1 Å². The van der Waals surface area contributed by atoms with Crippen molar-refractivity contribution < 1.29 is 4.79 Å². The summed E-state index contributed by atoms with van der Waals surface area (Å²) in [5, 5.41) is 12.3. The second-order valence-corrected chi connectivity index (χ2v) is 4.75. The van der Waals surface area contributed by atoms with E-state index < -0.39 is 0 Å². The Bertz CT molecular complexity index is 474. The predicted molar refractivity (Wildman–Crippen MR) is 73.7 cm³/mol. The molecule has 1 rings (SSSR count). The lowest BCUT2D eigenvalue weighted by Gasteiger charge is -2.22. The fraction of sp³-hybridized carbons (Fsp3) is 0.467. The molecular formula is C15H20N2O. The van der Waals surface area contributed by atoms with Gasteiger partial charge < -0.3 is 5.32 Å². The molecule has 0 bridgehead atoms. The van der Waals surface area contributed by atoms with Crippen LogP contribution in [0.5, 0.6) is 0 Å². The number of nitriles is 1. The number of ketones is 1. The Labute approximate surface area is 109 Å². The first-order valence-corrected chi connectivity index (χ1v) is 6.31.